The minimum absolute atomic E-state index is 0.402. The van der Waals surface area contributed by atoms with Crippen molar-refractivity contribution in [2.24, 2.45) is 0 Å². The monoisotopic (exact) mass is 312 g/mol. The van der Waals surface area contributed by atoms with Gasteiger partial charge in [-0.1, -0.05) is 30.3 Å². The van der Waals surface area contributed by atoms with Crippen LogP contribution in [0, 0.1) is 0 Å². The SMILES string of the molecule is O=C(O)[C@H](Cc1ccccc1)Nc1cc(N2CCCC2)ncn1. The minimum Gasteiger partial charge on any atom is -0.480 e. The highest BCUT2D eigenvalue weighted by Gasteiger charge is 2.19. The summed E-state index contributed by atoms with van der Waals surface area (Å²) in [6.45, 7) is 1.98. The van der Waals surface area contributed by atoms with E-state index >= 15 is 0 Å². The van der Waals surface area contributed by atoms with E-state index in [1.807, 2.05) is 36.4 Å². The van der Waals surface area contributed by atoms with Crippen molar-refractivity contribution in [1.82, 2.24) is 9.97 Å². The van der Waals surface area contributed by atoms with Gasteiger partial charge in [-0.25, -0.2) is 14.8 Å². The Labute approximate surface area is 135 Å². The highest BCUT2D eigenvalue weighted by atomic mass is 16.4. The van der Waals surface area contributed by atoms with Gasteiger partial charge < -0.3 is 15.3 Å². The van der Waals surface area contributed by atoms with Gasteiger partial charge in [0.25, 0.3) is 0 Å². The van der Waals surface area contributed by atoms with Gasteiger partial charge in [-0.15, -0.1) is 0 Å². The van der Waals surface area contributed by atoms with Crippen LogP contribution in [-0.4, -0.2) is 40.2 Å². The van der Waals surface area contributed by atoms with Gasteiger partial charge in [-0.2, -0.15) is 0 Å². The molecule has 0 spiro atoms. The number of rotatable bonds is 6. The highest BCUT2D eigenvalue weighted by Crippen LogP contribution is 2.20. The van der Waals surface area contributed by atoms with Crippen LogP contribution in [0.4, 0.5) is 11.6 Å². The lowest BCUT2D eigenvalue weighted by Gasteiger charge is -2.19. The molecular formula is C17H20N4O2. The number of carboxylic acid groups (broad SMARTS) is 1. The quantitative estimate of drug-likeness (QED) is 0.851. The van der Waals surface area contributed by atoms with E-state index in [9.17, 15) is 9.90 Å². The highest BCUT2D eigenvalue weighted by molar-refractivity contribution is 5.77. The lowest BCUT2D eigenvalue weighted by molar-refractivity contribution is -0.137. The third-order valence-corrected chi connectivity index (χ3v) is 3.99. The molecule has 1 aromatic heterocycles. The molecule has 1 aliphatic rings. The van der Waals surface area contributed by atoms with E-state index < -0.39 is 12.0 Å². The second-order valence-corrected chi connectivity index (χ2v) is 5.68. The Bertz CT molecular complexity index is 657. The standard InChI is InChI=1S/C17H20N4O2/c22-17(23)14(10-13-6-2-1-3-7-13)20-15-11-16(19-12-18-15)21-8-4-5-9-21/h1-3,6-7,11-12,14H,4-5,8-10H2,(H,22,23)(H,18,19,20)/t14-/m0/s1. The Morgan fingerprint density at radius 2 is 1.96 bits per heavy atom. The Balaban J connectivity index is 1.72. The molecule has 0 radical (unpaired) electrons. The van der Waals surface area contributed by atoms with E-state index in [2.05, 4.69) is 20.2 Å². The van der Waals surface area contributed by atoms with E-state index in [1.54, 1.807) is 0 Å². The molecule has 6 nitrogen and oxygen atoms in total. The van der Waals surface area contributed by atoms with Crippen molar-refractivity contribution in [3.05, 3.63) is 48.3 Å². The molecule has 1 fully saturated rings. The second kappa shape index (κ2) is 7.09. The first kappa shape index (κ1) is 15.3. The zero-order valence-corrected chi connectivity index (χ0v) is 12.9. The molecular weight excluding hydrogens is 292 g/mol. The summed E-state index contributed by atoms with van der Waals surface area (Å²) in [5.74, 6) is 0.504. The van der Waals surface area contributed by atoms with Gasteiger partial charge in [0, 0.05) is 25.6 Å². The molecule has 0 aliphatic carbocycles. The van der Waals surface area contributed by atoms with Crippen molar-refractivity contribution < 1.29 is 9.90 Å². The topological polar surface area (TPSA) is 78.4 Å². The lowest BCUT2D eigenvalue weighted by atomic mass is 10.1. The number of carbonyl (C=O) groups is 1. The van der Waals surface area contributed by atoms with Crippen LogP contribution < -0.4 is 10.2 Å². The van der Waals surface area contributed by atoms with Crippen LogP contribution >= 0.6 is 0 Å². The van der Waals surface area contributed by atoms with Gasteiger partial charge in [0.15, 0.2) is 0 Å². The maximum Gasteiger partial charge on any atom is 0.326 e. The third kappa shape index (κ3) is 3.97. The van der Waals surface area contributed by atoms with Crippen molar-refractivity contribution >= 4 is 17.6 Å². The molecule has 1 aromatic carbocycles. The van der Waals surface area contributed by atoms with Crippen molar-refractivity contribution in [1.29, 1.82) is 0 Å². The molecule has 23 heavy (non-hydrogen) atoms. The van der Waals surface area contributed by atoms with Gasteiger partial charge in [0.2, 0.25) is 0 Å². The summed E-state index contributed by atoms with van der Waals surface area (Å²) in [6, 6.07) is 10.7. The summed E-state index contributed by atoms with van der Waals surface area (Å²) in [6.07, 6.45) is 4.22. The van der Waals surface area contributed by atoms with Gasteiger partial charge >= 0.3 is 5.97 Å². The fraction of sp³-hybridized carbons (Fsp3) is 0.353. The average Bonchev–Trinajstić information content (AvgIpc) is 3.10. The lowest BCUT2D eigenvalue weighted by Crippen LogP contribution is -2.32. The summed E-state index contributed by atoms with van der Waals surface area (Å²) in [7, 11) is 0. The number of aromatic nitrogens is 2. The molecule has 6 heteroatoms. The number of anilines is 2. The zero-order chi connectivity index (χ0) is 16.1. The maximum absolute atomic E-state index is 11.5. The molecule has 0 saturated carbocycles. The third-order valence-electron chi connectivity index (χ3n) is 3.99. The predicted molar refractivity (Wildman–Crippen MR) is 88.7 cm³/mol. The first-order valence-electron chi connectivity index (χ1n) is 7.82. The molecule has 0 amide bonds. The first-order chi connectivity index (χ1) is 11.2. The molecule has 1 saturated heterocycles. The van der Waals surface area contributed by atoms with Crippen molar-refractivity contribution in [3.63, 3.8) is 0 Å². The van der Waals surface area contributed by atoms with Crippen molar-refractivity contribution in [2.75, 3.05) is 23.3 Å². The van der Waals surface area contributed by atoms with Crippen LogP contribution in [0.1, 0.15) is 18.4 Å². The van der Waals surface area contributed by atoms with Crippen LogP contribution in [-0.2, 0) is 11.2 Å². The first-order valence-corrected chi connectivity index (χ1v) is 7.82. The number of benzene rings is 1. The summed E-state index contributed by atoms with van der Waals surface area (Å²) >= 11 is 0. The van der Waals surface area contributed by atoms with E-state index in [-0.39, 0.29) is 0 Å². The zero-order valence-electron chi connectivity index (χ0n) is 12.9. The van der Waals surface area contributed by atoms with E-state index in [1.165, 1.54) is 19.2 Å². The number of hydrogen-bond donors (Lipinski definition) is 2. The summed E-state index contributed by atoms with van der Waals surface area (Å²) in [4.78, 5) is 22.2. The molecule has 0 unspecified atom stereocenters. The van der Waals surface area contributed by atoms with Crippen LogP contribution in [0.15, 0.2) is 42.7 Å². The Morgan fingerprint density at radius 3 is 2.65 bits per heavy atom. The number of nitrogens with zero attached hydrogens (tertiary/aromatic N) is 3. The number of aliphatic carboxylic acids is 1. The molecule has 0 bridgehead atoms. The van der Waals surface area contributed by atoms with Crippen molar-refractivity contribution in [2.45, 2.75) is 25.3 Å². The van der Waals surface area contributed by atoms with Gasteiger partial charge in [0.1, 0.15) is 24.0 Å². The van der Waals surface area contributed by atoms with Crippen molar-refractivity contribution in [3.8, 4) is 0 Å². The Hall–Kier alpha value is -2.63. The van der Waals surface area contributed by atoms with Crippen LogP contribution in [0.2, 0.25) is 0 Å². The predicted octanol–water partition coefficient (Wildman–Crippen LogP) is 2.18. The van der Waals surface area contributed by atoms with Gasteiger partial charge in [0.05, 0.1) is 0 Å². The summed E-state index contributed by atoms with van der Waals surface area (Å²) < 4.78 is 0. The largest absolute Gasteiger partial charge is 0.480 e. The average molecular weight is 312 g/mol. The van der Waals surface area contributed by atoms with Crippen LogP contribution in [0.5, 0.6) is 0 Å². The molecule has 2 N–H and O–H groups in total. The van der Waals surface area contributed by atoms with E-state index in [0.29, 0.717) is 12.2 Å². The Morgan fingerprint density at radius 1 is 1.22 bits per heavy atom. The summed E-state index contributed by atoms with van der Waals surface area (Å²) in [5, 5.41) is 12.5. The van der Waals surface area contributed by atoms with Crippen LogP contribution in [0.25, 0.3) is 0 Å². The van der Waals surface area contributed by atoms with Gasteiger partial charge in [-0.3, -0.25) is 0 Å². The normalized spacial score (nSPS) is 15.4. The summed E-state index contributed by atoms with van der Waals surface area (Å²) in [5.41, 5.74) is 0.973. The molecule has 3 rings (SSSR count). The van der Waals surface area contributed by atoms with Crippen LogP contribution in [0.3, 0.4) is 0 Å². The van der Waals surface area contributed by atoms with E-state index in [4.69, 9.17) is 0 Å². The Kier molecular flexibility index (Phi) is 4.71. The van der Waals surface area contributed by atoms with Gasteiger partial charge in [-0.05, 0) is 18.4 Å². The second-order valence-electron chi connectivity index (χ2n) is 5.68. The number of hydrogen-bond acceptors (Lipinski definition) is 5. The fourth-order valence-electron chi connectivity index (χ4n) is 2.77. The molecule has 120 valence electrons. The number of carboxylic acids is 1. The van der Waals surface area contributed by atoms with E-state index in [0.717, 1.165) is 24.5 Å². The smallest absolute Gasteiger partial charge is 0.326 e. The maximum atomic E-state index is 11.5. The molecule has 1 aliphatic heterocycles. The molecule has 2 heterocycles. The number of nitrogens with one attached hydrogen (secondary N) is 1. The minimum atomic E-state index is -0.893. The molecule has 2 aromatic rings. The molecule has 1 atom stereocenters. The fourth-order valence-corrected chi connectivity index (χ4v) is 2.77.